The van der Waals surface area contributed by atoms with Gasteiger partial charge in [-0.05, 0) is 44.6 Å². The van der Waals surface area contributed by atoms with Gasteiger partial charge in [0, 0.05) is 30.3 Å². The summed E-state index contributed by atoms with van der Waals surface area (Å²) in [5.74, 6) is 2.12. The highest BCUT2D eigenvalue weighted by atomic mass is 16.3. The highest BCUT2D eigenvalue weighted by Crippen LogP contribution is 2.27. The number of anilines is 1. The topological polar surface area (TPSA) is 58.0 Å². The summed E-state index contributed by atoms with van der Waals surface area (Å²) in [6, 6.07) is 10.4. The van der Waals surface area contributed by atoms with Gasteiger partial charge in [-0.15, -0.1) is 0 Å². The van der Waals surface area contributed by atoms with Gasteiger partial charge in [0.25, 0.3) is 0 Å². The van der Waals surface area contributed by atoms with Crippen LogP contribution >= 0.6 is 0 Å². The molecule has 0 saturated heterocycles. The van der Waals surface area contributed by atoms with E-state index in [4.69, 9.17) is 0 Å². The molecule has 2 N–H and O–H groups in total. The van der Waals surface area contributed by atoms with Crippen molar-refractivity contribution in [2.24, 2.45) is 0 Å². The minimum Gasteiger partial charge on any atom is -0.396 e. The lowest BCUT2D eigenvalue weighted by atomic mass is 9.94. The van der Waals surface area contributed by atoms with Crippen molar-refractivity contribution in [3.8, 4) is 0 Å². The number of benzene rings is 1. The van der Waals surface area contributed by atoms with Gasteiger partial charge in [0.1, 0.15) is 11.6 Å². The zero-order valence-corrected chi connectivity index (χ0v) is 13.8. The van der Waals surface area contributed by atoms with Crippen LogP contribution in [0.15, 0.2) is 30.3 Å². The van der Waals surface area contributed by atoms with Crippen molar-refractivity contribution in [3.63, 3.8) is 0 Å². The highest BCUT2D eigenvalue weighted by Gasteiger charge is 2.18. The average Bonchev–Trinajstić information content (AvgIpc) is 2.59. The summed E-state index contributed by atoms with van der Waals surface area (Å²) in [5, 5.41) is 12.9. The van der Waals surface area contributed by atoms with Crippen molar-refractivity contribution in [2.75, 3.05) is 18.5 Å². The van der Waals surface area contributed by atoms with Gasteiger partial charge in [-0.1, -0.05) is 30.3 Å². The molecular formula is C19H25N3O. The molecule has 0 aliphatic heterocycles. The van der Waals surface area contributed by atoms with E-state index in [1.807, 2.05) is 13.0 Å². The Kier molecular flexibility index (Phi) is 5.23. The van der Waals surface area contributed by atoms with E-state index in [9.17, 15) is 5.11 Å². The number of aliphatic hydroxyl groups is 1. The van der Waals surface area contributed by atoms with E-state index in [-0.39, 0.29) is 12.5 Å². The quantitative estimate of drug-likeness (QED) is 0.860. The molecule has 0 spiro atoms. The second-order valence-electron chi connectivity index (χ2n) is 6.25. The lowest BCUT2D eigenvalue weighted by Gasteiger charge is -2.22. The zero-order valence-electron chi connectivity index (χ0n) is 13.8. The van der Waals surface area contributed by atoms with Crippen LogP contribution in [0.4, 0.5) is 5.82 Å². The Morgan fingerprint density at radius 3 is 2.70 bits per heavy atom. The fourth-order valence-electron chi connectivity index (χ4n) is 3.35. The third kappa shape index (κ3) is 3.88. The van der Waals surface area contributed by atoms with Crippen molar-refractivity contribution < 1.29 is 5.11 Å². The first-order chi connectivity index (χ1) is 11.3. The zero-order chi connectivity index (χ0) is 16.1. The molecule has 1 aliphatic rings. The van der Waals surface area contributed by atoms with Gasteiger partial charge >= 0.3 is 0 Å². The molecule has 1 heterocycles. The smallest absolute Gasteiger partial charge is 0.133 e. The summed E-state index contributed by atoms with van der Waals surface area (Å²) >= 11 is 0. The van der Waals surface area contributed by atoms with Gasteiger partial charge in [0.15, 0.2) is 0 Å². The molecule has 4 nitrogen and oxygen atoms in total. The molecule has 23 heavy (non-hydrogen) atoms. The van der Waals surface area contributed by atoms with E-state index in [2.05, 4.69) is 39.6 Å². The molecule has 0 amide bonds. The molecule has 122 valence electrons. The van der Waals surface area contributed by atoms with Crippen LogP contribution in [-0.2, 0) is 12.8 Å². The molecule has 1 aromatic carbocycles. The molecule has 0 bridgehead atoms. The molecule has 1 unspecified atom stereocenters. The lowest BCUT2D eigenvalue weighted by molar-refractivity contribution is 0.277. The molecule has 1 aromatic heterocycles. The SMILES string of the molecule is Cc1nc2c(c(NCC(CCO)c3ccccc3)n1)CCCC2. The van der Waals surface area contributed by atoms with Crippen molar-refractivity contribution in [3.05, 3.63) is 53.0 Å². The third-order valence-corrected chi connectivity index (χ3v) is 4.56. The number of hydrogen-bond donors (Lipinski definition) is 2. The predicted octanol–water partition coefficient (Wildman–Crippen LogP) is 3.24. The van der Waals surface area contributed by atoms with Crippen molar-refractivity contribution in [2.45, 2.75) is 44.9 Å². The molecule has 1 atom stereocenters. The monoisotopic (exact) mass is 311 g/mol. The van der Waals surface area contributed by atoms with Gasteiger partial charge in [-0.2, -0.15) is 0 Å². The Morgan fingerprint density at radius 2 is 1.91 bits per heavy atom. The van der Waals surface area contributed by atoms with Gasteiger partial charge in [-0.25, -0.2) is 9.97 Å². The lowest BCUT2D eigenvalue weighted by Crippen LogP contribution is -2.18. The number of aryl methyl sites for hydroxylation is 2. The fraction of sp³-hybridized carbons (Fsp3) is 0.474. The molecule has 0 saturated carbocycles. The van der Waals surface area contributed by atoms with Crippen LogP contribution in [0.5, 0.6) is 0 Å². The van der Waals surface area contributed by atoms with Crippen molar-refractivity contribution in [1.82, 2.24) is 9.97 Å². The molecule has 3 rings (SSSR count). The average molecular weight is 311 g/mol. The summed E-state index contributed by atoms with van der Waals surface area (Å²) in [4.78, 5) is 9.23. The van der Waals surface area contributed by atoms with E-state index in [0.717, 1.165) is 37.4 Å². The van der Waals surface area contributed by atoms with Crippen LogP contribution in [0.3, 0.4) is 0 Å². The van der Waals surface area contributed by atoms with Gasteiger partial charge in [-0.3, -0.25) is 0 Å². The number of fused-ring (bicyclic) bond motifs is 1. The Labute approximate surface area is 138 Å². The summed E-state index contributed by atoms with van der Waals surface area (Å²) in [6.07, 6.45) is 5.32. The van der Waals surface area contributed by atoms with Crippen LogP contribution in [0, 0.1) is 6.92 Å². The molecule has 0 radical (unpaired) electrons. The first-order valence-electron chi connectivity index (χ1n) is 8.54. The van der Waals surface area contributed by atoms with Crippen LogP contribution in [0.1, 0.15) is 47.8 Å². The maximum Gasteiger partial charge on any atom is 0.133 e. The second kappa shape index (κ2) is 7.55. The summed E-state index contributed by atoms with van der Waals surface area (Å²) in [7, 11) is 0. The maximum atomic E-state index is 9.38. The van der Waals surface area contributed by atoms with Crippen molar-refractivity contribution in [1.29, 1.82) is 0 Å². The first kappa shape index (κ1) is 15.9. The Morgan fingerprint density at radius 1 is 1.13 bits per heavy atom. The van der Waals surface area contributed by atoms with Crippen LogP contribution < -0.4 is 5.32 Å². The molecular weight excluding hydrogens is 286 g/mol. The van der Waals surface area contributed by atoms with E-state index in [1.54, 1.807) is 0 Å². The van der Waals surface area contributed by atoms with Gasteiger partial charge in [0.05, 0.1) is 0 Å². The fourth-order valence-corrected chi connectivity index (χ4v) is 3.35. The minimum absolute atomic E-state index is 0.197. The third-order valence-electron chi connectivity index (χ3n) is 4.56. The molecule has 4 heteroatoms. The number of hydrogen-bond acceptors (Lipinski definition) is 4. The van der Waals surface area contributed by atoms with E-state index >= 15 is 0 Å². The van der Waals surface area contributed by atoms with Gasteiger partial charge < -0.3 is 10.4 Å². The largest absolute Gasteiger partial charge is 0.396 e. The summed E-state index contributed by atoms with van der Waals surface area (Å²) in [6.45, 7) is 2.94. The number of nitrogens with zero attached hydrogens (tertiary/aromatic N) is 2. The Balaban J connectivity index is 1.77. The highest BCUT2D eigenvalue weighted by molar-refractivity contribution is 5.48. The maximum absolute atomic E-state index is 9.38. The van der Waals surface area contributed by atoms with E-state index < -0.39 is 0 Å². The van der Waals surface area contributed by atoms with Crippen LogP contribution in [-0.4, -0.2) is 28.2 Å². The number of nitrogens with one attached hydrogen (secondary N) is 1. The van der Waals surface area contributed by atoms with E-state index in [0.29, 0.717) is 0 Å². The second-order valence-corrected chi connectivity index (χ2v) is 6.25. The predicted molar refractivity (Wildman–Crippen MR) is 92.8 cm³/mol. The number of rotatable bonds is 6. The van der Waals surface area contributed by atoms with E-state index in [1.165, 1.54) is 29.7 Å². The summed E-state index contributed by atoms with van der Waals surface area (Å²) < 4.78 is 0. The molecule has 0 fully saturated rings. The minimum atomic E-state index is 0.197. The van der Waals surface area contributed by atoms with Crippen molar-refractivity contribution >= 4 is 5.82 Å². The van der Waals surface area contributed by atoms with Gasteiger partial charge in [0.2, 0.25) is 0 Å². The first-order valence-corrected chi connectivity index (χ1v) is 8.54. The molecule has 1 aliphatic carbocycles. The normalized spacial score (nSPS) is 15.0. The van der Waals surface area contributed by atoms with Crippen LogP contribution in [0.2, 0.25) is 0 Å². The number of aliphatic hydroxyl groups excluding tert-OH is 1. The van der Waals surface area contributed by atoms with Crippen LogP contribution in [0.25, 0.3) is 0 Å². The Bertz CT molecular complexity index is 643. The summed E-state index contributed by atoms with van der Waals surface area (Å²) in [5.41, 5.74) is 3.76. The standard InChI is InChI=1S/C19H25N3O/c1-14-21-18-10-6-5-9-17(18)19(22-14)20-13-16(11-12-23)15-7-3-2-4-8-15/h2-4,7-8,16,23H,5-6,9-13H2,1H3,(H,20,21,22). The molecule has 2 aromatic rings. The number of aromatic nitrogens is 2. The Hall–Kier alpha value is -1.94.